The lowest BCUT2D eigenvalue weighted by molar-refractivity contribution is -0.151. The highest BCUT2D eigenvalue weighted by Crippen LogP contribution is 2.45. The summed E-state index contributed by atoms with van der Waals surface area (Å²) in [6.07, 6.45) is 1.92. The molecule has 2 N–H and O–H groups in total. The number of fused-ring (bicyclic) bond motifs is 1. The summed E-state index contributed by atoms with van der Waals surface area (Å²) in [5.74, 6) is -1.78. The number of carboxylic acid groups (broad SMARTS) is 1. The Hall–Kier alpha value is -1.29. The van der Waals surface area contributed by atoms with Crippen LogP contribution in [0.1, 0.15) is 26.7 Å². The molecule has 0 bridgehead atoms. The van der Waals surface area contributed by atoms with E-state index in [1.807, 2.05) is 6.26 Å². The van der Waals surface area contributed by atoms with Crippen LogP contribution in [0.25, 0.3) is 0 Å². The zero-order valence-corrected chi connectivity index (χ0v) is 14.7. The summed E-state index contributed by atoms with van der Waals surface area (Å²) in [5, 5.41) is 10.6. The zero-order chi connectivity index (χ0) is 17.6. The minimum atomic E-state index is -3.67. The van der Waals surface area contributed by atoms with Gasteiger partial charge in [0.05, 0.1) is 11.2 Å². The Morgan fingerprint density at radius 2 is 2.09 bits per heavy atom. The van der Waals surface area contributed by atoms with Crippen LogP contribution in [-0.2, 0) is 24.2 Å². The number of β-lactam (4-membered cyclic amide) rings is 1. The Balaban J connectivity index is 2.24. The molecule has 0 unspecified atom stereocenters. The average molecular weight is 364 g/mol. The van der Waals surface area contributed by atoms with Crippen LogP contribution in [0.5, 0.6) is 0 Å². The van der Waals surface area contributed by atoms with Gasteiger partial charge in [-0.3, -0.25) is 9.59 Å². The van der Waals surface area contributed by atoms with Crippen LogP contribution in [0.15, 0.2) is 0 Å². The monoisotopic (exact) mass is 364 g/mol. The third-order valence-electron chi connectivity index (χ3n) is 4.45. The molecule has 23 heavy (non-hydrogen) atoms. The normalized spacial score (nSPS) is 28.7. The van der Waals surface area contributed by atoms with Crippen molar-refractivity contribution >= 4 is 39.4 Å². The molecule has 0 radical (unpaired) electrons. The smallest absolute Gasteiger partial charge is 0.326 e. The van der Waals surface area contributed by atoms with Crippen molar-refractivity contribution in [2.24, 2.45) is 0 Å². The van der Waals surface area contributed by atoms with Gasteiger partial charge in [-0.05, 0) is 32.3 Å². The fraction of sp³-hybridized carbons (Fsp3) is 0.769. The van der Waals surface area contributed by atoms with E-state index in [9.17, 15) is 27.9 Å². The highest BCUT2D eigenvalue weighted by atomic mass is 32.2. The number of nitrogens with one attached hydrogen (secondary N) is 1. The third kappa shape index (κ3) is 2.71. The summed E-state index contributed by atoms with van der Waals surface area (Å²) in [6.45, 7) is 2.80. The standard InChI is InChI=1S/C13H20N2O6S2/c1-13(2)10(15-8(16)6-9(15)23(13,20)21)11(17)14-7(12(18)19)4-5-22-3/h7,9-10H,4-6H2,1-3H3,(H,14,17)(H,18,19)/t7-,9-,10+/m0/s1. The van der Waals surface area contributed by atoms with Gasteiger partial charge in [-0.1, -0.05) is 0 Å². The molecule has 2 aliphatic heterocycles. The molecule has 2 fully saturated rings. The molecule has 2 saturated heterocycles. The maximum atomic E-state index is 12.5. The van der Waals surface area contributed by atoms with E-state index in [1.54, 1.807) is 0 Å². The van der Waals surface area contributed by atoms with Crippen LogP contribution in [0.3, 0.4) is 0 Å². The maximum absolute atomic E-state index is 12.5. The Bertz CT molecular complexity index is 645. The molecule has 0 aromatic heterocycles. The summed E-state index contributed by atoms with van der Waals surface area (Å²) >= 11 is 1.44. The van der Waals surface area contributed by atoms with E-state index in [2.05, 4.69) is 5.32 Å². The summed E-state index contributed by atoms with van der Waals surface area (Å²) in [4.78, 5) is 36.6. The Morgan fingerprint density at radius 3 is 2.57 bits per heavy atom. The number of sulfone groups is 1. The number of hydrogen-bond donors (Lipinski definition) is 2. The second-order valence-corrected chi connectivity index (χ2v) is 9.86. The van der Waals surface area contributed by atoms with Gasteiger partial charge in [0.2, 0.25) is 11.8 Å². The lowest BCUT2D eigenvalue weighted by Crippen LogP contribution is -2.61. The summed E-state index contributed by atoms with van der Waals surface area (Å²) < 4.78 is 23.4. The van der Waals surface area contributed by atoms with E-state index in [0.29, 0.717) is 5.75 Å². The number of amides is 2. The van der Waals surface area contributed by atoms with Crippen LogP contribution >= 0.6 is 11.8 Å². The van der Waals surface area contributed by atoms with Crippen molar-refractivity contribution in [3.8, 4) is 0 Å². The summed E-state index contributed by atoms with van der Waals surface area (Å²) in [5.41, 5.74) is 0. The molecule has 130 valence electrons. The molecule has 2 aliphatic rings. The van der Waals surface area contributed by atoms with Gasteiger partial charge >= 0.3 is 5.97 Å². The lowest BCUT2D eigenvalue weighted by Gasteiger charge is -2.37. The number of nitrogens with zero attached hydrogens (tertiary/aromatic N) is 1. The number of carboxylic acids is 1. The Kier molecular flexibility index (Phi) is 4.69. The molecule has 0 aromatic rings. The highest BCUT2D eigenvalue weighted by molar-refractivity contribution is 7.98. The number of rotatable bonds is 6. The molecule has 2 rings (SSSR count). The summed E-state index contributed by atoms with van der Waals surface area (Å²) in [6, 6.07) is -2.31. The molecule has 8 nitrogen and oxygen atoms in total. The number of thioether (sulfide) groups is 1. The van der Waals surface area contributed by atoms with Crippen molar-refractivity contribution in [1.82, 2.24) is 10.2 Å². The minimum Gasteiger partial charge on any atom is -0.480 e. The number of hydrogen-bond acceptors (Lipinski definition) is 6. The highest BCUT2D eigenvalue weighted by Gasteiger charge is 2.67. The second kappa shape index (κ2) is 5.97. The molecular formula is C13H20N2O6S2. The van der Waals surface area contributed by atoms with Gasteiger partial charge in [-0.15, -0.1) is 0 Å². The largest absolute Gasteiger partial charge is 0.480 e. The first-order valence-corrected chi connectivity index (χ1v) is 10.1. The predicted molar refractivity (Wildman–Crippen MR) is 84.6 cm³/mol. The van der Waals surface area contributed by atoms with Crippen molar-refractivity contribution in [1.29, 1.82) is 0 Å². The Labute approximate surface area is 138 Å². The van der Waals surface area contributed by atoms with Gasteiger partial charge in [0.25, 0.3) is 0 Å². The van der Waals surface area contributed by atoms with E-state index in [4.69, 9.17) is 0 Å². The number of carbonyl (C=O) groups is 3. The fourth-order valence-electron chi connectivity index (χ4n) is 3.00. The van der Waals surface area contributed by atoms with Gasteiger partial charge in [0.1, 0.15) is 17.5 Å². The first-order valence-electron chi connectivity index (χ1n) is 7.12. The predicted octanol–water partition coefficient (Wildman–Crippen LogP) is -0.557. The lowest BCUT2D eigenvalue weighted by atomic mass is 9.97. The first kappa shape index (κ1) is 18.1. The number of carbonyl (C=O) groups excluding carboxylic acids is 2. The van der Waals surface area contributed by atoms with Gasteiger partial charge in [0, 0.05) is 0 Å². The number of aliphatic carboxylic acids is 1. The van der Waals surface area contributed by atoms with E-state index in [1.165, 1.54) is 25.6 Å². The van der Waals surface area contributed by atoms with Gasteiger partial charge in [-0.2, -0.15) is 11.8 Å². The molecule has 3 atom stereocenters. The maximum Gasteiger partial charge on any atom is 0.326 e. The van der Waals surface area contributed by atoms with Crippen LogP contribution in [0, 0.1) is 0 Å². The zero-order valence-electron chi connectivity index (χ0n) is 13.1. The average Bonchev–Trinajstić information content (AvgIpc) is 2.56. The Morgan fingerprint density at radius 1 is 1.48 bits per heavy atom. The van der Waals surface area contributed by atoms with Crippen molar-refractivity contribution in [2.75, 3.05) is 12.0 Å². The van der Waals surface area contributed by atoms with Crippen LogP contribution < -0.4 is 5.32 Å². The van der Waals surface area contributed by atoms with Crippen molar-refractivity contribution < 1.29 is 27.9 Å². The van der Waals surface area contributed by atoms with E-state index < -0.39 is 49.8 Å². The third-order valence-corrected chi connectivity index (χ3v) is 7.89. The quantitative estimate of drug-likeness (QED) is 0.606. The molecule has 0 spiro atoms. The van der Waals surface area contributed by atoms with E-state index in [-0.39, 0.29) is 12.8 Å². The SMILES string of the molecule is CSCC[C@H](NC(=O)[C@H]1N2C(=O)C[C@@H]2S(=O)(=O)C1(C)C)C(=O)O. The molecule has 10 heteroatoms. The van der Waals surface area contributed by atoms with Gasteiger partial charge in [-0.25, -0.2) is 13.2 Å². The minimum absolute atomic E-state index is 0.121. The van der Waals surface area contributed by atoms with E-state index in [0.717, 1.165) is 4.90 Å². The molecule has 0 saturated carbocycles. The van der Waals surface area contributed by atoms with Crippen LogP contribution in [0.2, 0.25) is 0 Å². The second-order valence-electron chi connectivity index (χ2n) is 6.19. The first-order chi connectivity index (χ1) is 10.6. The fourth-order valence-corrected chi connectivity index (χ4v) is 5.60. The topological polar surface area (TPSA) is 121 Å². The van der Waals surface area contributed by atoms with Gasteiger partial charge in [0.15, 0.2) is 9.84 Å². The van der Waals surface area contributed by atoms with Gasteiger partial charge < -0.3 is 15.3 Å². The summed E-state index contributed by atoms with van der Waals surface area (Å²) in [7, 11) is -3.67. The molecular weight excluding hydrogens is 344 g/mol. The molecule has 0 aliphatic carbocycles. The van der Waals surface area contributed by atoms with Crippen molar-refractivity contribution in [2.45, 2.75) is 48.9 Å². The van der Waals surface area contributed by atoms with Crippen LogP contribution in [0.4, 0.5) is 0 Å². The van der Waals surface area contributed by atoms with Crippen molar-refractivity contribution in [3.63, 3.8) is 0 Å². The van der Waals surface area contributed by atoms with Crippen LogP contribution in [-0.4, -0.2) is 70.4 Å². The molecule has 2 heterocycles. The molecule has 0 aromatic carbocycles. The van der Waals surface area contributed by atoms with Crippen molar-refractivity contribution in [3.05, 3.63) is 0 Å². The molecule has 2 amide bonds. The van der Waals surface area contributed by atoms with E-state index >= 15 is 0 Å².